The maximum atomic E-state index is 3.96. The van der Waals surface area contributed by atoms with Crippen LogP contribution in [0.1, 0.15) is 33.3 Å². The van der Waals surface area contributed by atoms with Gasteiger partial charge in [0.15, 0.2) is 0 Å². The van der Waals surface area contributed by atoms with E-state index in [1.807, 2.05) is 88.8 Å². The standard InChI is InChI=1S/C6H7N.2C5H6N2.2C4H5NS.C3H4N2S/c1-6-3-2-4-7-5-6;1-5-2-3-6-4-7-5;1-5-2-3-6-7-4-5;1-4-5-2-3-6-4;1-4-2-3-6-5-4;1-3-4-2-6-5-3/h2-5H,1H3;2*2-4H,1H3;2*2-3H,1H3;2H,1H3. The van der Waals surface area contributed by atoms with Crippen molar-refractivity contribution >= 4 is 34.4 Å². The molecule has 0 atom stereocenters. The molecule has 0 N–H and O–H groups in total. The number of hydrogen-bond acceptors (Lipinski definition) is 12. The zero-order valence-corrected chi connectivity index (χ0v) is 25.4. The minimum atomic E-state index is 0.861. The van der Waals surface area contributed by atoms with E-state index >= 15 is 0 Å². The summed E-state index contributed by atoms with van der Waals surface area (Å²) in [6, 6.07) is 9.71. The molecule has 6 heterocycles. The molecule has 0 radical (unpaired) electrons. The summed E-state index contributed by atoms with van der Waals surface area (Å²) < 4.78 is 7.81. The Hall–Kier alpha value is -3.87. The van der Waals surface area contributed by atoms with Crippen molar-refractivity contribution in [2.45, 2.75) is 41.5 Å². The van der Waals surface area contributed by atoms with Crippen molar-refractivity contribution in [1.82, 2.24) is 43.9 Å². The van der Waals surface area contributed by atoms with Crippen LogP contribution in [0.2, 0.25) is 0 Å². The summed E-state index contributed by atoms with van der Waals surface area (Å²) in [6.45, 7) is 11.8. The van der Waals surface area contributed by atoms with Crippen LogP contribution in [0.3, 0.4) is 0 Å². The predicted octanol–water partition coefficient (Wildman–Crippen LogP) is 6.71. The molecule has 39 heavy (non-hydrogen) atoms. The third-order valence-electron chi connectivity index (χ3n) is 3.87. The van der Waals surface area contributed by atoms with Gasteiger partial charge < -0.3 is 0 Å². The van der Waals surface area contributed by atoms with Gasteiger partial charge in [0.2, 0.25) is 0 Å². The average molecular weight is 580 g/mol. The van der Waals surface area contributed by atoms with Gasteiger partial charge in [-0.1, -0.05) is 6.07 Å². The SMILES string of the molecule is Cc1cccnc1.Cc1ccncn1.Cc1ccnnc1.Cc1ccsn1.Cc1nccs1.Cc1ncsn1. The zero-order chi connectivity index (χ0) is 28.6. The number of nitrogens with zero attached hydrogens (tertiary/aromatic N) is 9. The molecule has 6 rings (SSSR count). The van der Waals surface area contributed by atoms with Crippen LogP contribution in [0.25, 0.3) is 0 Å². The van der Waals surface area contributed by atoms with Crippen LogP contribution in [0, 0.1) is 41.5 Å². The quantitative estimate of drug-likeness (QED) is 0.193. The number of pyridine rings is 1. The van der Waals surface area contributed by atoms with Gasteiger partial charge >= 0.3 is 0 Å². The van der Waals surface area contributed by atoms with Gasteiger partial charge in [-0.2, -0.15) is 18.9 Å². The largest absolute Gasteiger partial charge is 0.264 e. The van der Waals surface area contributed by atoms with E-state index in [1.54, 1.807) is 47.8 Å². The van der Waals surface area contributed by atoms with E-state index in [0.29, 0.717) is 0 Å². The summed E-state index contributed by atoms with van der Waals surface area (Å²) in [6.07, 6.45) is 12.1. The average Bonchev–Trinajstić information content (AvgIpc) is 3.73. The van der Waals surface area contributed by atoms with Crippen molar-refractivity contribution in [1.29, 1.82) is 0 Å². The molecule has 0 amide bonds. The van der Waals surface area contributed by atoms with Crippen LogP contribution >= 0.6 is 34.4 Å². The Balaban J connectivity index is 0.000000234. The first-order valence-corrected chi connectivity index (χ1v) is 14.2. The molecule has 9 nitrogen and oxygen atoms in total. The normalized spacial score (nSPS) is 8.77. The van der Waals surface area contributed by atoms with Gasteiger partial charge in [0.1, 0.15) is 17.7 Å². The number of thiazole rings is 1. The van der Waals surface area contributed by atoms with Gasteiger partial charge in [-0.25, -0.2) is 15.0 Å². The van der Waals surface area contributed by atoms with E-state index in [2.05, 4.69) is 43.9 Å². The van der Waals surface area contributed by atoms with Gasteiger partial charge in [-0.3, -0.25) is 9.97 Å². The Bertz CT molecular complexity index is 1120. The number of rotatable bonds is 0. The highest BCUT2D eigenvalue weighted by Crippen LogP contribution is 1.98. The number of aryl methyl sites for hydroxylation is 6. The van der Waals surface area contributed by atoms with Crippen molar-refractivity contribution in [3.63, 3.8) is 0 Å². The fourth-order valence-corrected chi connectivity index (χ4v) is 3.39. The molecule has 0 fully saturated rings. The van der Waals surface area contributed by atoms with Gasteiger partial charge in [0.25, 0.3) is 0 Å². The maximum Gasteiger partial charge on any atom is 0.139 e. The Morgan fingerprint density at radius 2 is 1.41 bits per heavy atom. The molecule has 204 valence electrons. The minimum Gasteiger partial charge on any atom is -0.264 e. The van der Waals surface area contributed by atoms with Crippen molar-refractivity contribution in [2.24, 2.45) is 0 Å². The van der Waals surface area contributed by atoms with Crippen LogP contribution in [0.5, 0.6) is 0 Å². The highest BCUT2D eigenvalue weighted by atomic mass is 32.1. The van der Waals surface area contributed by atoms with Crippen LogP contribution in [-0.4, -0.2) is 43.9 Å². The predicted molar refractivity (Wildman–Crippen MR) is 161 cm³/mol. The number of aromatic nitrogens is 9. The molecular formula is C27H33N9S3. The second-order valence-corrected chi connectivity index (χ2v) is 9.84. The second-order valence-electron chi connectivity index (χ2n) is 7.47. The fourth-order valence-electron chi connectivity index (χ4n) is 1.95. The highest BCUT2D eigenvalue weighted by molar-refractivity contribution is 7.09. The van der Waals surface area contributed by atoms with Crippen molar-refractivity contribution in [3.8, 4) is 0 Å². The lowest BCUT2D eigenvalue weighted by atomic mass is 10.3. The van der Waals surface area contributed by atoms with Crippen LogP contribution < -0.4 is 0 Å². The third kappa shape index (κ3) is 20.8. The molecule has 6 aromatic heterocycles. The van der Waals surface area contributed by atoms with E-state index in [4.69, 9.17) is 0 Å². The van der Waals surface area contributed by atoms with Gasteiger partial charge in [-0.15, -0.1) is 11.3 Å². The molecule has 6 aromatic rings. The first kappa shape index (κ1) is 33.2. The Kier molecular flexibility index (Phi) is 18.8. The lowest BCUT2D eigenvalue weighted by molar-refractivity contribution is 1.01. The summed E-state index contributed by atoms with van der Waals surface area (Å²) in [5.41, 5.74) is 6.20. The summed E-state index contributed by atoms with van der Waals surface area (Å²) in [5, 5.41) is 12.3. The van der Waals surface area contributed by atoms with Crippen LogP contribution in [0.4, 0.5) is 0 Å². The third-order valence-corrected chi connectivity index (χ3v) is 5.79. The monoisotopic (exact) mass is 579 g/mol. The smallest absolute Gasteiger partial charge is 0.139 e. The summed E-state index contributed by atoms with van der Waals surface area (Å²) in [5.74, 6) is 0.861. The molecular weight excluding hydrogens is 547 g/mol. The van der Waals surface area contributed by atoms with E-state index in [1.165, 1.54) is 35.0 Å². The highest BCUT2D eigenvalue weighted by Gasteiger charge is 1.79. The second kappa shape index (κ2) is 22.1. The molecule has 0 aliphatic rings. The van der Waals surface area contributed by atoms with Crippen molar-refractivity contribution < 1.29 is 0 Å². The molecule has 0 saturated heterocycles. The zero-order valence-electron chi connectivity index (χ0n) is 22.9. The molecule has 0 saturated carbocycles. The molecule has 0 bridgehead atoms. The minimum absolute atomic E-state index is 0.861. The maximum absolute atomic E-state index is 3.96. The topological polar surface area (TPSA) is 116 Å². The molecule has 0 aromatic carbocycles. The molecule has 0 aliphatic heterocycles. The Morgan fingerprint density at radius 3 is 1.64 bits per heavy atom. The van der Waals surface area contributed by atoms with Crippen LogP contribution in [0.15, 0.2) is 90.1 Å². The van der Waals surface area contributed by atoms with Crippen molar-refractivity contribution in [3.05, 3.63) is 123 Å². The fraction of sp³-hybridized carbons (Fsp3) is 0.222. The summed E-state index contributed by atoms with van der Waals surface area (Å²) >= 11 is 4.53. The van der Waals surface area contributed by atoms with E-state index in [0.717, 1.165) is 27.8 Å². The van der Waals surface area contributed by atoms with E-state index < -0.39 is 0 Å². The lowest BCUT2D eigenvalue weighted by Crippen LogP contribution is -1.77. The van der Waals surface area contributed by atoms with Crippen LogP contribution in [-0.2, 0) is 0 Å². The van der Waals surface area contributed by atoms with Gasteiger partial charge in [0.05, 0.1) is 16.9 Å². The molecule has 0 unspecified atom stereocenters. The first-order valence-electron chi connectivity index (χ1n) is 11.7. The van der Waals surface area contributed by atoms with Gasteiger partial charge in [0, 0.05) is 47.4 Å². The molecule has 0 aliphatic carbocycles. The Morgan fingerprint density at radius 1 is 0.590 bits per heavy atom. The van der Waals surface area contributed by atoms with Gasteiger partial charge in [-0.05, 0) is 100.0 Å². The molecule has 12 heteroatoms. The lowest BCUT2D eigenvalue weighted by Gasteiger charge is -1.82. The first-order chi connectivity index (χ1) is 18.9. The van der Waals surface area contributed by atoms with E-state index in [9.17, 15) is 0 Å². The molecule has 0 spiro atoms. The van der Waals surface area contributed by atoms with E-state index in [-0.39, 0.29) is 0 Å². The number of hydrogen-bond donors (Lipinski definition) is 0. The Labute approximate surface area is 242 Å². The summed E-state index contributed by atoms with van der Waals surface area (Å²) in [7, 11) is 0. The summed E-state index contributed by atoms with van der Waals surface area (Å²) in [4.78, 5) is 19.2. The van der Waals surface area contributed by atoms with Crippen molar-refractivity contribution in [2.75, 3.05) is 0 Å².